The number of hydrogen-bond donors (Lipinski definition) is 2. The molecule has 2 nitrogen and oxygen atoms in total. The van der Waals surface area contributed by atoms with Crippen LogP contribution in [0.1, 0.15) is 38.3 Å². The van der Waals surface area contributed by atoms with Crippen LogP contribution in [-0.2, 0) is 5.41 Å². The first-order valence-corrected chi connectivity index (χ1v) is 6.93. The molecule has 102 valence electrons. The highest BCUT2D eigenvalue weighted by molar-refractivity contribution is 5.28. The molecule has 0 aliphatic carbocycles. The molecule has 0 aliphatic heterocycles. The fourth-order valence-electron chi connectivity index (χ4n) is 2.04. The minimum absolute atomic E-state index is 0.179. The topological polar surface area (TPSA) is 38.0 Å². The SMILES string of the molecule is Cc1cccc(C(C)(C)CNCCC(C)CN)c1. The van der Waals surface area contributed by atoms with Gasteiger partial charge in [-0.1, -0.05) is 50.6 Å². The first kappa shape index (κ1) is 15.2. The molecule has 2 heteroatoms. The molecule has 3 N–H and O–H groups in total. The van der Waals surface area contributed by atoms with E-state index in [4.69, 9.17) is 5.73 Å². The van der Waals surface area contributed by atoms with Crippen LogP contribution in [0.3, 0.4) is 0 Å². The standard InChI is InChI=1S/C16H28N2/c1-13-6-5-7-15(10-13)16(3,4)12-18-9-8-14(2)11-17/h5-7,10,14,18H,8-9,11-12,17H2,1-4H3. The van der Waals surface area contributed by atoms with Crippen LogP contribution in [0.2, 0.25) is 0 Å². The van der Waals surface area contributed by atoms with E-state index in [-0.39, 0.29) is 5.41 Å². The lowest BCUT2D eigenvalue weighted by Crippen LogP contribution is -2.34. The summed E-state index contributed by atoms with van der Waals surface area (Å²) >= 11 is 0. The van der Waals surface area contributed by atoms with Gasteiger partial charge in [0.15, 0.2) is 0 Å². The second-order valence-corrected chi connectivity index (χ2v) is 6.06. The summed E-state index contributed by atoms with van der Waals surface area (Å²) < 4.78 is 0. The smallest absolute Gasteiger partial charge is 0.00431 e. The van der Waals surface area contributed by atoms with Crippen molar-refractivity contribution in [1.82, 2.24) is 5.32 Å². The fourth-order valence-corrected chi connectivity index (χ4v) is 2.04. The van der Waals surface area contributed by atoms with Crippen LogP contribution in [0, 0.1) is 12.8 Å². The second kappa shape index (κ2) is 6.91. The number of benzene rings is 1. The van der Waals surface area contributed by atoms with Crippen molar-refractivity contribution in [3.63, 3.8) is 0 Å². The van der Waals surface area contributed by atoms with Gasteiger partial charge >= 0.3 is 0 Å². The molecule has 0 saturated heterocycles. The summed E-state index contributed by atoms with van der Waals surface area (Å²) in [4.78, 5) is 0. The van der Waals surface area contributed by atoms with Crippen molar-refractivity contribution in [3.8, 4) is 0 Å². The van der Waals surface area contributed by atoms with E-state index in [2.05, 4.69) is 57.3 Å². The van der Waals surface area contributed by atoms with Crippen molar-refractivity contribution in [3.05, 3.63) is 35.4 Å². The molecule has 0 aromatic heterocycles. The van der Waals surface area contributed by atoms with Crippen LogP contribution in [0.15, 0.2) is 24.3 Å². The Kier molecular flexibility index (Phi) is 5.83. The summed E-state index contributed by atoms with van der Waals surface area (Å²) in [6.07, 6.45) is 1.15. The third-order valence-electron chi connectivity index (χ3n) is 3.58. The van der Waals surface area contributed by atoms with Gasteiger partial charge < -0.3 is 11.1 Å². The van der Waals surface area contributed by atoms with E-state index in [9.17, 15) is 0 Å². The van der Waals surface area contributed by atoms with E-state index in [0.717, 1.165) is 26.1 Å². The van der Waals surface area contributed by atoms with E-state index in [1.807, 2.05) is 0 Å². The van der Waals surface area contributed by atoms with E-state index < -0.39 is 0 Å². The molecule has 18 heavy (non-hydrogen) atoms. The summed E-state index contributed by atoms with van der Waals surface area (Å²) in [5.74, 6) is 0.611. The number of nitrogens with one attached hydrogen (secondary N) is 1. The minimum Gasteiger partial charge on any atom is -0.330 e. The largest absolute Gasteiger partial charge is 0.330 e. The van der Waals surface area contributed by atoms with Crippen molar-refractivity contribution >= 4 is 0 Å². The molecule has 0 aliphatic rings. The summed E-state index contributed by atoms with van der Waals surface area (Å²) in [5, 5.41) is 3.55. The molecule has 0 radical (unpaired) electrons. The Balaban J connectivity index is 2.45. The summed E-state index contributed by atoms with van der Waals surface area (Å²) in [7, 11) is 0. The van der Waals surface area contributed by atoms with Gasteiger partial charge in [0, 0.05) is 12.0 Å². The third kappa shape index (κ3) is 4.79. The van der Waals surface area contributed by atoms with Crippen LogP contribution in [0.5, 0.6) is 0 Å². The maximum absolute atomic E-state index is 5.62. The first-order chi connectivity index (χ1) is 8.45. The molecule has 0 amide bonds. The Morgan fingerprint density at radius 3 is 2.67 bits per heavy atom. The molecule has 0 heterocycles. The third-order valence-corrected chi connectivity index (χ3v) is 3.58. The Labute approximate surface area is 112 Å². The van der Waals surface area contributed by atoms with Crippen molar-refractivity contribution in [2.24, 2.45) is 11.7 Å². The highest BCUT2D eigenvalue weighted by Crippen LogP contribution is 2.22. The lowest BCUT2D eigenvalue weighted by Gasteiger charge is -2.26. The summed E-state index contributed by atoms with van der Waals surface area (Å²) in [6.45, 7) is 11.8. The predicted molar refractivity (Wildman–Crippen MR) is 79.9 cm³/mol. The first-order valence-electron chi connectivity index (χ1n) is 6.93. The monoisotopic (exact) mass is 248 g/mol. The molecule has 0 fully saturated rings. The van der Waals surface area contributed by atoms with E-state index in [1.165, 1.54) is 11.1 Å². The van der Waals surface area contributed by atoms with Crippen molar-refractivity contribution < 1.29 is 0 Å². The van der Waals surface area contributed by atoms with Crippen molar-refractivity contribution in [1.29, 1.82) is 0 Å². The van der Waals surface area contributed by atoms with Crippen molar-refractivity contribution in [2.45, 2.75) is 39.5 Å². The average molecular weight is 248 g/mol. The zero-order valence-corrected chi connectivity index (χ0v) is 12.3. The summed E-state index contributed by atoms with van der Waals surface area (Å²) in [6, 6.07) is 8.79. The van der Waals surface area contributed by atoms with Crippen LogP contribution in [-0.4, -0.2) is 19.6 Å². The second-order valence-electron chi connectivity index (χ2n) is 6.06. The van der Waals surface area contributed by atoms with Gasteiger partial charge in [0.05, 0.1) is 0 Å². The van der Waals surface area contributed by atoms with Crippen LogP contribution in [0.4, 0.5) is 0 Å². The van der Waals surface area contributed by atoms with E-state index in [0.29, 0.717) is 5.92 Å². The van der Waals surface area contributed by atoms with Gasteiger partial charge in [0.1, 0.15) is 0 Å². The van der Waals surface area contributed by atoms with Gasteiger partial charge in [-0.05, 0) is 37.9 Å². The Hall–Kier alpha value is -0.860. The Bertz CT molecular complexity index is 358. The molecule has 0 spiro atoms. The number of hydrogen-bond acceptors (Lipinski definition) is 2. The predicted octanol–water partition coefficient (Wildman–Crippen LogP) is 2.85. The molecule has 1 unspecified atom stereocenters. The van der Waals surface area contributed by atoms with Gasteiger partial charge in [-0.25, -0.2) is 0 Å². The zero-order chi connectivity index (χ0) is 13.6. The van der Waals surface area contributed by atoms with Gasteiger partial charge in [-0.15, -0.1) is 0 Å². The maximum atomic E-state index is 5.62. The fraction of sp³-hybridized carbons (Fsp3) is 0.625. The van der Waals surface area contributed by atoms with Gasteiger partial charge in [0.2, 0.25) is 0 Å². The molecular weight excluding hydrogens is 220 g/mol. The molecular formula is C16H28N2. The normalized spacial score (nSPS) is 13.6. The van der Waals surface area contributed by atoms with E-state index >= 15 is 0 Å². The number of aryl methyl sites for hydroxylation is 1. The highest BCUT2D eigenvalue weighted by atomic mass is 14.9. The Morgan fingerprint density at radius 2 is 2.06 bits per heavy atom. The van der Waals surface area contributed by atoms with Crippen LogP contribution >= 0.6 is 0 Å². The van der Waals surface area contributed by atoms with Gasteiger partial charge in [-0.3, -0.25) is 0 Å². The van der Waals surface area contributed by atoms with E-state index in [1.54, 1.807) is 0 Å². The minimum atomic E-state index is 0.179. The molecule has 1 aromatic carbocycles. The zero-order valence-electron chi connectivity index (χ0n) is 12.3. The lowest BCUT2D eigenvalue weighted by molar-refractivity contribution is 0.440. The number of nitrogens with two attached hydrogens (primary N) is 1. The van der Waals surface area contributed by atoms with Gasteiger partial charge in [0.25, 0.3) is 0 Å². The number of rotatable bonds is 7. The molecule has 0 saturated carbocycles. The van der Waals surface area contributed by atoms with Crippen LogP contribution in [0.25, 0.3) is 0 Å². The highest BCUT2D eigenvalue weighted by Gasteiger charge is 2.19. The molecule has 1 aromatic rings. The molecule has 1 rings (SSSR count). The molecule has 0 bridgehead atoms. The lowest BCUT2D eigenvalue weighted by atomic mass is 9.84. The van der Waals surface area contributed by atoms with Crippen LogP contribution < -0.4 is 11.1 Å². The Morgan fingerprint density at radius 1 is 1.33 bits per heavy atom. The van der Waals surface area contributed by atoms with Crippen molar-refractivity contribution in [2.75, 3.05) is 19.6 Å². The quantitative estimate of drug-likeness (QED) is 0.728. The molecule has 1 atom stereocenters. The summed E-state index contributed by atoms with van der Waals surface area (Å²) in [5.41, 5.74) is 8.53. The van der Waals surface area contributed by atoms with Gasteiger partial charge in [-0.2, -0.15) is 0 Å². The maximum Gasteiger partial charge on any atom is 0.00431 e. The average Bonchev–Trinajstić information content (AvgIpc) is 2.34.